The Labute approximate surface area is 164 Å². The van der Waals surface area contributed by atoms with Crippen molar-refractivity contribution in [3.8, 4) is 0 Å². The van der Waals surface area contributed by atoms with E-state index in [2.05, 4.69) is 19.6 Å². The van der Waals surface area contributed by atoms with Crippen molar-refractivity contribution >= 4 is 9.84 Å². The minimum absolute atomic E-state index is 0.383. The lowest BCUT2D eigenvalue weighted by molar-refractivity contribution is 0.181. The van der Waals surface area contributed by atoms with Crippen molar-refractivity contribution in [2.75, 3.05) is 6.61 Å². The summed E-state index contributed by atoms with van der Waals surface area (Å²) in [7, 11) is -3.54. The Balaban J connectivity index is 2.38. The highest BCUT2D eigenvalue weighted by atomic mass is 32.2. The van der Waals surface area contributed by atoms with Gasteiger partial charge in [-0.1, -0.05) is 49.4 Å². The van der Waals surface area contributed by atoms with Crippen LogP contribution in [0.4, 0.5) is 0 Å². The number of allylic oxidation sites excluding steroid dienone is 4. The van der Waals surface area contributed by atoms with Crippen LogP contribution in [-0.2, 0) is 14.6 Å². The van der Waals surface area contributed by atoms with Gasteiger partial charge in [-0.3, -0.25) is 0 Å². The van der Waals surface area contributed by atoms with Gasteiger partial charge in [0.1, 0.15) is 10.5 Å². The Kier molecular flexibility index (Phi) is 7.91. The molecule has 0 aliphatic heterocycles. The van der Waals surface area contributed by atoms with Gasteiger partial charge < -0.3 is 4.74 Å². The molecule has 0 amide bonds. The summed E-state index contributed by atoms with van der Waals surface area (Å²) < 4.78 is 32.3. The van der Waals surface area contributed by atoms with Crippen LogP contribution in [0, 0.1) is 0 Å². The Morgan fingerprint density at radius 3 is 2.63 bits per heavy atom. The van der Waals surface area contributed by atoms with Crippen molar-refractivity contribution in [3.05, 3.63) is 66.5 Å². The molecule has 0 fully saturated rings. The first-order valence-corrected chi connectivity index (χ1v) is 11.4. The van der Waals surface area contributed by atoms with Gasteiger partial charge in [-0.05, 0) is 70.1 Å². The van der Waals surface area contributed by atoms with Crippen LogP contribution in [0.3, 0.4) is 0 Å². The van der Waals surface area contributed by atoms with Crippen LogP contribution in [0.15, 0.2) is 71.4 Å². The fraction of sp³-hybridized carbons (Fsp3) is 0.478. The van der Waals surface area contributed by atoms with Gasteiger partial charge in [0.25, 0.3) is 0 Å². The molecule has 0 N–H and O–H groups in total. The maximum Gasteiger partial charge on any atom is 0.191 e. The Hall–Kier alpha value is -1.81. The van der Waals surface area contributed by atoms with E-state index in [0.717, 1.165) is 32.1 Å². The topological polar surface area (TPSA) is 43.4 Å². The van der Waals surface area contributed by atoms with Crippen LogP contribution >= 0.6 is 0 Å². The quantitative estimate of drug-likeness (QED) is 0.365. The van der Waals surface area contributed by atoms with Gasteiger partial charge in [-0.2, -0.15) is 0 Å². The summed E-state index contributed by atoms with van der Waals surface area (Å²) in [4.78, 5) is 0.383. The summed E-state index contributed by atoms with van der Waals surface area (Å²) in [5, 5.41) is 0. The Bertz CT molecular complexity index is 775. The van der Waals surface area contributed by atoms with E-state index in [0.29, 0.717) is 30.1 Å². The summed E-state index contributed by atoms with van der Waals surface area (Å²) in [6.45, 7) is 8.33. The predicted molar refractivity (Wildman–Crippen MR) is 112 cm³/mol. The molecule has 2 rings (SSSR count). The van der Waals surface area contributed by atoms with E-state index in [1.807, 2.05) is 25.1 Å². The highest BCUT2D eigenvalue weighted by Crippen LogP contribution is 2.44. The van der Waals surface area contributed by atoms with Gasteiger partial charge in [0, 0.05) is 0 Å². The molecule has 1 unspecified atom stereocenters. The molecule has 27 heavy (non-hydrogen) atoms. The highest BCUT2D eigenvalue weighted by molar-refractivity contribution is 7.93. The first-order chi connectivity index (χ1) is 13.0. The minimum Gasteiger partial charge on any atom is -0.497 e. The molecule has 1 aliphatic rings. The number of rotatable bonds is 10. The standard InChI is InChI=1S/C23H32O3S/c1-4-20(5-2)14-10-12-18-23(19-13-11-17-22(23)26-6-3)27(24,25)21-15-8-7-9-16-21/h4,7-9,14-17H,1,5-6,10-13,18-19H2,2-3H3/b20-14+. The largest absolute Gasteiger partial charge is 0.497 e. The number of ether oxygens (including phenoxy) is 1. The lowest BCUT2D eigenvalue weighted by Crippen LogP contribution is -2.43. The average molecular weight is 389 g/mol. The summed E-state index contributed by atoms with van der Waals surface area (Å²) in [6.07, 6.45) is 11.6. The second kappa shape index (κ2) is 9.93. The van der Waals surface area contributed by atoms with Gasteiger partial charge in [0.05, 0.1) is 11.5 Å². The molecule has 1 aliphatic carbocycles. The van der Waals surface area contributed by atoms with E-state index in [9.17, 15) is 8.42 Å². The van der Waals surface area contributed by atoms with Crippen LogP contribution in [0.5, 0.6) is 0 Å². The fourth-order valence-electron chi connectivity index (χ4n) is 3.80. The molecule has 1 aromatic rings. The summed E-state index contributed by atoms with van der Waals surface area (Å²) in [5.74, 6) is 0.642. The highest BCUT2D eigenvalue weighted by Gasteiger charge is 2.49. The molecule has 0 heterocycles. The predicted octanol–water partition coefficient (Wildman–Crippen LogP) is 6.00. The molecule has 3 nitrogen and oxygen atoms in total. The van der Waals surface area contributed by atoms with Crippen LogP contribution in [0.1, 0.15) is 58.8 Å². The number of hydrogen-bond acceptors (Lipinski definition) is 3. The first kappa shape index (κ1) is 21.5. The van der Waals surface area contributed by atoms with Crippen LogP contribution < -0.4 is 0 Å². The second-order valence-electron chi connectivity index (χ2n) is 6.93. The van der Waals surface area contributed by atoms with Crippen molar-refractivity contribution in [3.63, 3.8) is 0 Å². The molecule has 0 spiro atoms. The lowest BCUT2D eigenvalue weighted by atomic mass is 9.88. The normalized spacial score (nSPS) is 20.8. The van der Waals surface area contributed by atoms with Gasteiger partial charge in [-0.25, -0.2) is 8.42 Å². The monoisotopic (exact) mass is 388 g/mol. The zero-order valence-electron chi connectivity index (χ0n) is 16.6. The fourth-order valence-corrected chi connectivity index (χ4v) is 6.00. The van der Waals surface area contributed by atoms with Crippen molar-refractivity contribution in [1.29, 1.82) is 0 Å². The zero-order chi connectivity index (χ0) is 19.8. The van der Waals surface area contributed by atoms with Crippen molar-refractivity contribution in [2.24, 2.45) is 0 Å². The van der Waals surface area contributed by atoms with Crippen molar-refractivity contribution in [2.45, 2.75) is 68.4 Å². The first-order valence-electron chi connectivity index (χ1n) is 9.96. The zero-order valence-corrected chi connectivity index (χ0v) is 17.4. The van der Waals surface area contributed by atoms with Gasteiger partial charge in [0.2, 0.25) is 0 Å². The Morgan fingerprint density at radius 1 is 1.26 bits per heavy atom. The Morgan fingerprint density at radius 2 is 2.00 bits per heavy atom. The number of sulfone groups is 1. The van der Waals surface area contributed by atoms with E-state index in [1.54, 1.807) is 24.3 Å². The number of benzene rings is 1. The van der Waals surface area contributed by atoms with Gasteiger partial charge in [-0.15, -0.1) is 0 Å². The molecular formula is C23H32O3S. The molecule has 0 radical (unpaired) electrons. The van der Waals surface area contributed by atoms with Gasteiger partial charge >= 0.3 is 0 Å². The number of unbranched alkanes of at least 4 members (excludes halogenated alkanes) is 1. The third kappa shape index (κ3) is 4.73. The SMILES string of the molecule is C=C/C(=C\CCCC1(S(=O)(=O)c2ccccc2)CCCC=C1OCC)CC. The van der Waals surface area contributed by atoms with Crippen LogP contribution in [0.2, 0.25) is 0 Å². The van der Waals surface area contributed by atoms with Crippen LogP contribution in [0.25, 0.3) is 0 Å². The summed E-state index contributed by atoms with van der Waals surface area (Å²) >= 11 is 0. The third-order valence-corrected chi connectivity index (χ3v) is 7.82. The molecule has 148 valence electrons. The molecule has 0 bridgehead atoms. The molecule has 0 saturated heterocycles. The summed E-state index contributed by atoms with van der Waals surface area (Å²) in [5.41, 5.74) is 1.21. The molecule has 1 atom stereocenters. The van der Waals surface area contributed by atoms with E-state index >= 15 is 0 Å². The van der Waals surface area contributed by atoms with Crippen LogP contribution in [-0.4, -0.2) is 19.8 Å². The average Bonchev–Trinajstić information content (AvgIpc) is 2.70. The van der Waals surface area contributed by atoms with Crippen molar-refractivity contribution < 1.29 is 13.2 Å². The maximum absolute atomic E-state index is 13.7. The molecule has 1 aromatic carbocycles. The summed E-state index contributed by atoms with van der Waals surface area (Å²) in [6, 6.07) is 8.81. The number of hydrogen-bond donors (Lipinski definition) is 0. The second-order valence-corrected chi connectivity index (χ2v) is 9.19. The molecule has 4 heteroatoms. The van der Waals surface area contributed by atoms with E-state index in [-0.39, 0.29) is 0 Å². The van der Waals surface area contributed by atoms with Gasteiger partial charge in [0.15, 0.2) is 9.84 Å². The van der Waals surface area contributed by atoms with E-state index < -0.39 is 14.6 Å². The van der Waals surface area contributed by atoms with E-state index in [4.69, 9.17) is 4.74 Å². The molecule has 0 aromatic heterocycles. The maximum atomic E-state index is 13.7. The third-order valence-electron chi connectivity index (χ3n) is 5.29. The van der Waals surface area contributed by atoms with Crippen molar-refractivity contribution in [1.82, 2.24) is 0 Å². The smallest absolute Gasteiger partial charge is 0.191 e. The van der Waals surface area contributed by atoms with E-state index in [1.165, 1.54) is 5.57 Å². The minimum atomic E-state index is -3.54. The lowest BCUT2D eigenvalue weighted by Gasteiger charge is -2.37. The molecule has 0 saturated carbocycles. The molecular weight excluding hydrogens is 356 g/mol.